The zero-order valence-corrected chi connectivity index (χ0v) is 20.9. The molecule has 3 aromatic rings. The van der Waals surface area contributed by atoms with Crippen molar-refractivity contribution in [2.75, 3.05) is 6.61 Å². The Hall–Kier alpha value is -4.55. The van der Waals surface area contributed by atoms with Crippen molar-refractivity contribution in [1.29, 1.82) is 0 Å². The summed E-state index contributed by atoms with van der Waals surface area (Å²) in [6.45, 7) is -0.461. The van der Waals surface area contributed by atoms with Gasteiger partial charge in [0.25, 0.3) is 0 Å². The Bertz CT molecular complexity index is 1380. The van der Waals surface area contributed by atoms with E-state index in [4.69, 9.17) is 14.2 Å². The minimum atomic E-state index is -1.69. The number of ether oxygens (including phenoxy) is 3. The summed E-state index contributed by atoms with van der Waals surface area (Å²) < 4.78 is 16.4. The lowest BCUT2D eigenvalue weighted by atomic mass is 9.99. The quantitative estimate of drug-likeness (QED) is 0.0939. The number of benzene rings is 3. The molecule has 1 fully saturated rings. The van der Waals surface area contributed by atoms with Crippen LogP contribution in [-0.4, -0.2) is 79.0 Å². The molecule has 11 nitrogen and oxygen atoms in total. The second-order valence-corrected chi connectivity index (χ2v) is 9.03. The third-order valence-electron chi connectivity index (χ3n) is 6.00. The normalized spacial score (nSPS) is 22.9. The van der Waals surface area contributed by atoms with Crippen LogP contribution in [0.2, 0.25) is 0 Å². The monoisotopic (exact) mass is 552 g/mol. The van der Waals surface area contributed by atoms with Gasteiger partial charge < -0.3 is 50.0 Å². The van der Waals surface area contributed by atoms with Crippen molar-refractivity contribution >= 4 is 24.2 Å². The van der Waals surface area contributed by atoms with E-state index in [2.05, 4.69) is 0 Å². The van der Waals surface area contributed by atoms with Gasteiger partial charge in [0.05, 0.1) is 0 Å². The molecule has 1 saturated heterocycles. The van der Waals surface area contributed by atoms with E-state index in [1.165, 1.54) is 48.5 Å². The molecule has 1 aliphatic rings. The number of aromatic hydroxyl groups is 4. The van der Waals surface area contributed by atoms with Gasteiger partial charge in [-0.3, -0.25) is 0 Å². The summed E-state index contributed by atoms with van der Waals surface area (Å²) in [5.74, 6) is -1.35. The SMILES string of the molecule is O=C(/C=C/c1ccc(O)cc1)OC[C@H]1O[C@@H](Oc2cc(O)cc(/C=C/c3ccc(O)c(O)c3)c2)[C@H](O)[C@@H](O)[C@@H]1O. The van der Waals surface area contributed by atoms with E-state index in [1.807, 2.05) is 0 Å². The Labute approximate surface area is 228 Å². The van der Waals surface area contributed by atoms with Crippen LogP contribution in [0.4, 0.5) is 0 Å². The molecule has 0 unspecified atom stereocenters. The van der Waals surface area contributed by atoms with Crippen molar-refractivity contribution in [3.63, 3.8) is 0 Å². The number of carbonyl (C=O) groups excluding carboxylic acids is 1. The molecule has 3 aromatic carbocycles. The van der Waals surface area contributed by atoms with Crippen molar-refractivity contribution in [3.8, 4) is 28.7 Å². The number of aliphatic hydroxyl groups excluding tert-OH is 3. The van der Waals surface area contributed by atoms with Crippen molar-refractivity contribution in [2.45, 2.75) is 30.7 Å². The third kappa shape index (κ3) is 7.30. The third-order valence-corrected chi connectivity index (χ3v) is 6.00. The van der Waals surface area contributed by atoms with Crippen LogP contribution in [0, 0.1) is 0 Å². The van der Waals surface area contributed by atoms with Crippen molar-refractivity contribution in [3.05, 3.63) is 83.4 Å². The highest BCUT2D eigenvalue weighted by atomic mass is 16.7. The van der Waals surface area contributed by atoms with E-state index in [1.54, 1.807) is 30.4 Å². The van der Waals surface area contributed by atoms with E-state index < -0.39 is 43.3 Å². The Kier molecular flexibility index (Phi) is 8.92. The molecule has 1 aliphatic heterocycles. The number of phenols is 4. The lowest BCUT2D eigenvalue weighted by Crippen LogP contribution is -2.60. The maximum Gasteiger partial charge on any atom is 0.330 e. The summed E-state index contributed by atoms with van der Waals surface area (Å²) in [7, 11) is 0. The van der Waals surface area contributed by atoms with E-state index in [0.29, 0.717) is 16.7 Å². The van der Waals surface area contributed by atoms with Crippen LogP contribution in [0.25, 0.3) is 18.2 Å². The first-order valence-corrected chi connectivity index (χ1v) is 12.1. The highest BCUT2D eigenvalue weighted by Crippen LogP contribution is 2.30. The standard InChI is InChI=1S/C29H28O11/c30-19-7-3-16(4-8-19)6-10-25(34)38-15-24-26(35)27(36)28(37)29(40-24)39-21-12-18(11-20(31)14-21)2-1-17-5-9-22(32)23(33)13-17/h1-14,24,26-33,35-37H,15H2/b2-1+,10-6+/t24-,26-,27+,28-,29-/m1/s1. The zero-order chi connectivity index (χ0) is 28.8. The Morgan fingerprint density at radius 1 is 0.725 bits per heavy atom. The van der Waals surface area contributed by atoms with Gasteiger partial charge in [-0.2, -0.15) is 0 Å². The van der Waals surface area contributed by atoms with Crippen LogP contribution >= 0.6 is 0 Å². The van der Waals surface area contributed by atoms with Gasteiger partial charge >= 0.3 is 5.97 Å². The van der Waals surface area contributed by atoms with Gasteiger partial charge in [0.15, 0.2) is 11.5 Å². The van der Waals surface area contributed by atoms with Crippen molar-refractivity contribution < 1.29 is 54.8 Å². The molecule has 11 heteroatoms. The average molecular weight is 553 g/mol. The minimum absolute atomic E-state index is 0.0634. The van der Waals surface area contributed by atoms with Gasteiger partial charge in [-0.25, -0.2) is 4.79 Å². The summed E-state index contributed by atoms with van der Waals surface area (Å²) in [5.41, 5.74) is 1.68. The molecule has 0 radical (unpaired) electrons. The van der Waals surface area contributed by atoms with E-state index in [9.17, 15) is 40.5 Å². The van der Waals surface area contributed by atoms with Crippen molar-refractivity contribution in [1.82, 2.24) is 0 Å². The molecule has 5 atom stereocenters. The van der Waals surface area contributed by atoms with Crippen molar-refractivity contribution in [2.24, 2.45) is 0 Å². The second kappa shape index (κ2) is 12.5. The van der Waals surface area contributed by atoms with Crippen LogP contribution in [0.15, 0.2) is 66.7 Å². The average Bonchev–Trinajstić information content (AvgIpc) is 2.92. The van der Waals surface area contributed by atoms with E-state index in [0.717, 1.165) is 6.08 Å². The summed E-state index contributed by atoms with van der Waals surface area (Å²) in [5, 5.41) is 69.6. The van der Waals surface area contributed by atoms with Crippen LogP contribution in [0.3, 0.4) is 0 Å². The number of hydrogen-bond donors (Lipinski definition) is 7. The Balaban J connectivity index is 1.40. The maximum atomic E-state index is 12.1. The number of esters is 1. The van der Waals surface area contributed by atoms with E-state index in [-0.39, 0.29) is 28.7 Å². The first-order valence-electron chi connectivity index (χ1n) is 12.1. The number of hydrogen-bond acceptors (Lipinski definition) is 11. The minimum Gasteiger partial charge on any atom is -0.508 e. The topological polar surface area (TPSA) is 186 Å². The molecular formula is C29H28O11. The number of aliphatic hydroxyl groups is 3. The maximum absolute atomic E-state index is 12.1. The predicted octanol–water partition coefficient (Wildman–Crippen LogP) is 2.12. The Morgan fingerprint density at radius 3 is 2.15 bits per heavy atom. The van der Waals surface area contributed by atoms with Gasteiger partial charge in [0, 0.05) is 12.1 Å². The summed E-state index contributed by atoms with van der Waals surface area (Å²) >= 11 is 0. The highest BCUT2D eigenvalue weighted by Gasteiger charge is 2.45. The fraction of sp³-hybridized carbons (Fsp3) is 0.207. The molecule has 4 rings (SSSR count). The van der Waals surface area contributed by atoms with Crippen LogP contribution in [-0.2, 0) is 14.3 Å². The number of rotatable bonds is 8. The molecular weight excluding hydrogens is 524 g/mol. The lowest BCUT2D eigenvalue weighted by molar-refractivity contribution is -0.278. The number of carbonyl (C=O) groups is 1. The molecule has 210 valence electrons. The van der Waals surface area contributed by atoms with Gasteiger partial charge in [-0.1, -0.05) is 30.4 Å². The fourth-order valence-corrected chi connectivity index (χ4v) is 3.85. The zero-order valence-electron chi connectivity index (χ0n) is 20.9. The van der Waals surface area contributed by atoms with Crippen LogP contribution in [0.5, 0.6) is 28.7 Å². The predicted molar refractivity (Wildman–Crippen MR) is 142 cm³/mol. The molecule has 0 saturated carbocycles. The lowest BCUT2D eigenvalue weighted by Gasteiger charge is -2.39. The van der Waals surface area contributed by atoms with Gasteiger partial charge in [-0.05, 0) is 59.2 Å². The van der Waals surface area contributed by atoms with Crippen LogP contribution in [0.1, 0.15) is 16.7 Å². The largest absolute Gasteiger partial charge is 0.508 e. The molecule has 0 aromatic heterocycles. The molecule has 0 bridgehead atoms. The van der Waals surface area contributed by atoms with Gasteiger partial charge in [-0.15, -0.1) is 0 Å². The Morgan fingerprint density at radius 2 is 1.43 bits per heavy atom. The molecule has 0 amide bonds. The summed E-state index contributed by atoms with van der Waals surface area (Å²) in [4.78, 5) is 12.1. The highest BCUT2D eigenvalue weighted by molar-refractivity contribution is 5.87. The molecule has 7 N–H and O–H groups in total. The molecule has 0 aliphatic carbocycles. The number of phenolic OH excluding ortho intramolecular Hbond substituents is 4. The molecule has 0 spiro atoms. The van der Waals surface area contributed by atoms with E-state index >= 15 is 0 Å². The summed E-state index contributed by atoms with van der Waals surface area (Å²) in [6, 6.07) is 14.5. The smallest absolute Gasteiger partial charge is 0.330 e. The molecule has 1 heterocycles. The second-order valence-electron chi connectivity index (χ2n) is 9.03. The van der Waals surface area contributed by atoms with Gasteiger partial charge in [0.1, 0.15) is 48.3 Å². The fourth-order valence-electron chi connectivity index (χ4n) is 3.85. The van der Waals surface area contributed by atoms with Crippen LogP contribution < -0.4 is 4.74 Å². The first kappa shape index (κ1) is 28.5. The first-order chi connectivity index (χ1) is 19.1. The summed E-state index contributed by atoms with van der Waals surface area (Å²) in [6.07, 6.45) is -1.85. The molecule has 40 heavy (non-hydrogen) atoms. The van der Waals surface area contributed by atoms with Gasteiger partial charge in [0.2, 0.25) is 6.29 Å².